The number of rotatable bonds is 3. The summed E-state index contributed by atoms with van der Waals surface area (Å²) in [4.78, 5) is 0. The second kappa shape index (κ2) is 6.66. The topological polar surface area (TPSA) is 36.4 Å². The largest absolute Gasteiger partial charge is 0.331 e. The van der Waals surface area contributed by atoms with Crippen LogP contribution in [-0.2, 0) is 6.42 Å². The monoisotopic (exact) mass is 287 g/mol. The van der Waals surface area contributed by atoms with Crippen molar-refractivity contribution in [2.45, 2.75) is 40.0 Å². The Morgan fingerprint density at radius 2 is 2.10 bits per heavy atom. The highest BCUT2D eigenvalue weighted by molar-refractivity contribution is 7.80. The van der Waals surface area contributed by atoms with Gasteiger partial charge in [-0.15, -0.1) is 0 Å². The van der Waals surface area contributed by atoms with Gasteiger partial charge in [0, 0.05) is 5.69 Å². The standard InChI is InChI=1S/C16H21N3S/c1-4-13-7-5-6-12(3)15(13)17-16(20)19-18-14-9-8-11(2)10-14/h5-7,10H,4,8-9H2,1-3H3,(H2,17,19,20)/b18-14-. The van der Waals surface area contributed by atoms with Gasteiger partial charge in [-0.1, -0.05) is 30.7 Å². The van der Waals surface area contributed by atoms with E-state index in [1.165, 1.54) is 16.7 Å². The smallest absolute Gasteiger partial charge is 0.191 e. The summed E-state index contributed by atoms with van der Waals surface area (Å²) in [6, 6.07) is 6.27. The molecular formula is C16H21N3S. The fourth-order valence-corrected chi connectivity index (χ4v) is 2.46. The fraction of sp³-hybridized carbons (Fsp3) is 0.375. The van der Waals surface area contributed by atoms with Gasteiger partial charge in [0.2, 0.25) is 0 Å². The van der Waals surface area contributed by atoms with Crippen LogP contribution in [0.1, 0.15) is 37.8 Å². The molecule has 0 saturated carbocycles. The summed E-state index contributed by atoms with van der Waals surface area (Å²) in [7, 11) is 0. The first-order valence-corrected chi connectivity index (χ1v) is 7.40. The summed E-state index contributed by atoms with van der Waals surface area (Å²) < 4.78 is 0. The molecule has 0 bridgehead atoms. The molecule has 1 aliphatic rings. The predicted octanol–water partition coefficient (Wildman–Crippen LogP) is 3.94. The molecule has 2 N–H and O–H groups in total. The number of hydrogen-bond acceptors (Lipinski definition) is 2. The van der Waals surface area contributed by atoms with Gasteiger partial charge in [-0.2, -0.15) is 5.10 Å². The van der Waals surface area contributed by atoms with Crippen molar-refractivity contribution in [1.82, 2.24) is 5.43 Å². The number of hydrazone groups is 1. The van der Waals surface area contributed by atoms with Crippen molar-refractivity contribution in [3.8, 4) is 0 Å². The molecular weight excluding hydrogens is 266 g/mol. The summed E-state index contributed by atoms with van der Waals surface area (Å²) >= 11 is 5.32. The van der Waals surface area contributed by atoms with Crippen molar-refractivity contribution in [2.24, 2.45) is 5.10 Å². The highest BCUT2D eigenvalue weighted by Gasteiger charge is 2.08. The van der Waals surface area contributed by atoms with Crippen LogP contribution in [0.3, 0.4) is 0 Å². The lowest BCUT2D eigenvalue weighted by Gasteiger charge is -2.14. The van der Waals surface area contributed by atoms with Crippen LogP contribution in [0.2, 0.25) is 0 Å². The Labute approximate surface area is 126 Å². The Hall–Kier alpha value is -1.68. The predicted molar refractivity (Wildman–Crippen MR) is 90.3 cm³/mol. The third-order valence-electron chi connectivity index (χ3n) is 3.47. The summed E-state index contributed by atoms with van der Waals surface area (Å²) in [5.74, 6) is 0. The lowest BCUT2D eigenvalue weighted by molar-refractivity contribution is 1.00. The van der Waals surface area contributed by atoms with E-state index in [1.54, 1.807) is 0 Å². The van der Waals surface area contributed by atoms with E-state index in [4.69, 9.17) is 12.2 Å². The Morgan fingerprint density at radius 1 is 1.30 bits per heavy atom. The van der Waals surface area contributed by atoms with Gasteiger partial charge < -0.3 is 5.32 Å². The van der Waals surface area contributed by atoms with Gasteiger partial charge in [0.15, 0.2) is 5.11 Å². The van der Waals surface area contributed by atoms with E-state index < -0.39 is 0 Å². The third kappa shape index (κ3) is 3.67. The highest BCUT2D eigenvalue weighted by atomic mass is 32.1. The van der Waals surface area contributed by atoms with Gasteiger partial charge in [-0.3, -0.25) is 5.43 Å². The zero-order valence-corrected chi connectivity index (χ0v) is 13.1. The van der Waals surface area contributed by atoms with Crippen molar-refractivity contribution < 1.29 is 0 Å². The number of para-hydroxylation sites is 1. The van der Waals surface area contributed by atoms with Crippen LogP contribution >= 0.6 is 12.2 Å². The molecule has 3 nitrogen and oxygen atoms in total. The van der Waals surface area contributed by atoms with Crippen molar-refractivity contribution in [1.29, 1.82) is 0 Å². The van der Waals surface area contributed by atoms with Crippen LogP contribution in [-0.4, -0.2) is 10.8 Å². The zero-order valence-electron chi connectivity index (χ0n) is 12.3. The SMILES string of the molecule is CCc1cccc(C)c1NC(=S)N/N=C1\C=C(C)CC1. The minimum atomic E-state index is 0.541. The molecule has 0 fully saturated rings. The number of nitrogens with one attached hydrogen (secondary N) is 2. The normalized spacial score (nSPS) is 16.1. The van der Waals surface area contributed by atoms with Crippen molar-refractivity contribution in [2.75, 3.05) is 5.32 Å². The lowest BCUT2D eigenvalue weighted by atomic mass is 10.1. The summed E-state index contributed by atoms with van der Waals surface area (Å²) in [5, 5.41) is 8.14. The fourth-order valence-electron chi connectivity index (χ4n) is 2.31. The molecule has 106 valence electrons. The molecule has 1 aliphatic carbocycles. The first-order chi connectivity index (χ1) is 9.60. The molecule has 4 heteroatoms. The van der Waals surface area contributed by atoms with Gasteiger partial charge in [0.1, 0.15) is 0 Å². The number of benzene rings is 1. The molecule has 0 aliphatic heterocycles. The van der Waals surface area contributed by atoms with E-state index in [1.807, 2.05) is 0 Å². The van der Waals surface area contributed by atoms with Crippen LogP contribution < -0.4 is 10.7 Å². The number of allylic oxidation sites excluding steroid dienone is 2. The molecule has 0 aromatic heterocycles. The molecule has 2 rings (SSSR count). The van der Waals surface area contributed by atoms with Gasteiger partial charge in [-0.25, -0.2) is 0 Å². The molecule has 0 atom stereocenters. The molecule has 1 aromatic carbocycles. The van der Waals surface area contributed by atoms with E-state index in [2.05, 4.69) is 60.9 Å². The number of anilines is 1. The Balaban J connectivity index is 2.02. The van der Waals surface area contributed by atoms with Crippen molar-refractivity contribution >= 4 is 28.7 Å². The summed E-state index contributed by atoms with van der Waals surface area (Å²) in [6.07, 6.45) is 5.18. The van der Waals surface area contributed by atoms with E-state index in [9.17, 15) is 0 Å². The van der Waals surface area contributed by atoms with Gasteiger partial charge in [-0.05, 0) is 62.5 Å². The van der Waals surface area contributed by atoms with Crippen LogP contribution in [0.4, 0.5) is 5.69 Å². The minimum Gasteiger partial charge on any atom is -0.331 e. The Kier molecular flexibility index (Phi) is 4.90. The average Bonchev–Trinajstić information content (AvgIpc) is 2.84. The van der Waals surface area contributed by atoms with E-state index in [-0.39, 0.29) is 0 Å². The molecule has 20 heavy (non-hydrogen) atoms. The molecule has 0 heterocycles. The van der Waals surface area contributed by atoms with Crippen LogP contribution in [0, 0.1) is 6.92 Å². The van der Waals surface area contributed by atoms with E-state index in [0.717, 1.165) is 30.7 Å². The number of thiocarbonyl (C=S) groups is 1. The van der Waals surface area contributed by atoms with Crippen molar-refractivity contribution in [3.05, 3.63) is 41.0 Å². The summed E-state index contributed by atoms with van der Waals surface area (Å²) in [5.41, 5.74) is 8.91. The van der Waals surface area contributed by atoms with Crippen LogP contribution in [0.15, 0.2) is 34.9 Å². The van der Waals surface area contributed by atoms with Crippen molar-refractivity contribution in [3.63, 3.8) is 0 Å². The minimum absolute atomic E-state index is 0.541. The molecule has 0 unspecified atom stereocenters. The average molecular weight is 287 g/mol. The first-order valence-electron chi connectivity index (χ1n) is 6.99. The molecule has 1 aromatic rings. The first kappa shape index (κ1) is 14.7. The van der Waals surface area contributed by atoms with Gasteiger partial charge in [0.05, 0.1) is 5.71 Å². The second-order valence-corrected chi connectivity index (χ2v) is 5.53. The molecule has 0 amide bonds. The van der Waals surface area contributed by atoms with Crippen LogP contribution in [0.5, 0.6) is 0 Å². The van der Waals surface area contributed by atoms with Gasteiger partial charge in [0.25, 0.3) is 0 Å². The summed E-state index contributed by atoms with van der Waals surface area (Å²) in [6.45, 7) is 6.35. The molecule has 0 saturated heterocycles. The van der Waals surface area contributed by atoms with Crippen LogP contribution in [0.25, 0.3) is 0 Å². The molecule has 0 spiro atoms. The maximum atomic E-state index is 5.32. The lowest BCUT2D eigenvalue weighted by Crippen LogP contribution is -2.25. The zero-order chi connectivity index (χ0) is 14.5. The third-order valence-corrected chi connectivity index (χ3v) is 3.66. The maximum absolute atomic E-state index is 5.32. The number of nitrogens with zero attached hydrogens (tertiary/aromatic N) is 1. The molecule has 0 radical (unpaired) electrons. The van der Waals surface area contributed by atoms with E-state index in [0.29, 0.717) is 5.11 Å². The number of hydrogen-bond donors (Lipinski definition) is 2. The quantitative estimate of drug-likeness (QED) is 0.653. The Bertz CT molecular complexity index is 573. The Morgan fingerprint density at radius 3 is 2.75 bits per heavy atom. The van der Waals surface area contributed by atoms with Gasteiger partial charge >= 0.3 is 0 Å². The maximum Gasteiger partial charge on any atom is 0.191 e. The van der Waals surface area contributed by atoms with E-state index >= 15 is 0 Å². The highest BCUT2D eigenvalue weighted by Crippen LogP contribution is 2.21. The second-order valence-electron chi connectivity index (χ2n) is 5.12. The number of aryl methyl sites for hydroxylation is 2.